The van der Waals surface area contributed by atoms with Crippen molar-refractivity contribution in [3.63, 3.8) is 0 Å². The van der Waals surface area contributed by atoms with E-state index in [-0.39, 0.29) is 31.0 Å². The van der Waals surface area contributed by atoms with Gasteiger partial charge in [-0.25, -0.2) is 9.78 Å². The van der Waals surface area contributed by atoms with Crippen molar-refractivity contribution in [2.24, 2.45) is 0 Å². The van der Waals surface area contributed by atoms with Crippen LogP contribution in [0.4, 0.5) is 5.13 Å². The van der Waals surface area contributed by atoms with Crippen molar-refractivity contribution in [3.05, 3.63) is 118 Å². The molecule has 0 radical (unpaired) electrons. The Hall–Kier alpha value is -2.74. The molecule has 1 N–H and O–H groups in total. The number of carboxylic acids is 1. The molecule has 7 heteroatoms. The molecule has 0 aliphatic carbocycles. The second-order valence-corrected chi connectivity index (χ2v) is 9.81. The summed E-state index contributed by atoms with van der Waals surface area (Å²) in [5.41, 5.74) is 4.21. The van der Waals surface area contributed by atoms with Gasteiger partial charge in [0, 0.05) is 17.0 Å². The summed E-state index contributed by atoms with van der Waals surface area (Å²) >= 11 is 3.33. The SMILES string of the molecule is O=C(O)c1ccccc1CN(Cc1cccs1)c1nc(-c2ccccc2)c(-c2ccccc2)s1.[H-].[Na+]. The monoisotopic (exact) mass is 506 g/mol. The molecule has 0 fully saturated rings. The summed E-state index contributed by atoms with van der Waals surface area (Å²) in [6, 6.07) is 31.8. The third kappa shape index (κ3) is 5.92. The molecule has 0 bridgehead atoms. The summed E-state index contributed by atoms with van der Waals surface area (Å²) in [5.74, 6) is -0.916. The minimum atomic E-state index is -0.916. The number of thiazole rings is 1. The van der Waals surface area contributed by atoms with Gasteiger partial charge in [-0.1, -0.05) is 96.3 Å². The molecule has 2 aromatic heterocycles. The van der Waals surface area contributed by atoms with E-state index in [1.54, 1.807) is 34.8 Å². The number of rotatable bonds is 8. The van der Waals surface area contributed by atoms with Crippen LogP contribution < -0.4 is 34.5 Å². The number of hydrogen-bond donors (Lipinski definition) is 1. The van der Waals surface area contributed by atoms with Crippen molar-refractivity contribution in [1.29, 1.82) is 0 Å². The van der Waals surface area contributed by atoms with Crippen molar-refractivity contribution in [2.75, 3.05) is 4.90 Å². The van der Waals surface area contributed by atoms with Gasteiger partial charge in [0.15, 0.2) is 5.13 Å². The molecule has 35 heavy (non-hydrogen) atoms. The Morgan fingerprint density at radius 3 is 2.14 bits per heavy atom. The second kappa shape index (κ2) is 11.8. The van der Waals surface area contributed by atoms with Crippen LogP contribution in [0.2, 0.25) is 0 Å². The van der Waals surface area contributed by atoms with Crippen LogP contribution in [0.5, 0.6) is 0 Å². The largest absolute Gasteiger partial charge is 1.00 e. The minimum absolute atomic E-state index is 0. The molecule has 5 aromatic rings. The average molecular weight is 507 g/mol. The first kappa shape index (κ1) is 25.4. The van der Waals surface area contributed by atoms with E-state index in [2.05, 4.69) is 40.6 Å². The van der Waals surface area contributed by atoms with Crippen LogP contribution in [-0.4, -0.2) is 16.1 Å². The second-order valence-electron chi connectivity index (χ2n) is 7.80. The van der Waals surface area contributed by atoms with Crippen LogP contribution in [0.1, 0.15) is 22.2 Å². The number of nitrogens with zero attached hydrogens (tertiary/aromatic N) is 2. The van der Waals surface area contributed by atoms with Gasteiger partial charge in [-0.15, -0.1) is 11.3 Å². The summed E-state index contributed by atoms with van der Waals surface area (Å²) in [5, 5.41) is 12.6. The Morgan fingerprint density at radius 2 is 1.49 bits per heavy atom. The Balaban J connectivity index is 0.00000180. The summed E-state index contributed by atoms with van der Waals surface area (Å²) in [6.07, 6.45) is 0. The smallest absolute Gasteiger partial charge is 1.00 e. The molecule has 4 nitrogen and oxygen atoms in total. The first-order chi connectivity index (χ1) is 16.7. The number of benzene rings is 3. The fourth-order valence-electron chi connectivity index (χ4n) is 3.88. The molecular formula is C28H23N2NaO2S2. The molecular weight excluding hydrogens is 483 g/mol. The molecule has 0 spiro atoms. The maximum Gasteiger partial charge on any atom is 1.00 e. The van der Waals surface area contributed by atoms with Gasteiger partial charge >= 0.3 is 35.5 Å². The van der Waals surface area contributed by atoms with Crippen LogP contribution in [0.25, 0.3) is 21.7 Å². The summed E-state index contributed by atoms with van der Waals surface area (Å²) in [6.45, 7) is 1.11. The van der Waals surface area contributed by atoms with E-state index in [0.717, 1.165) is 32.4 Å². The van der Waals surface area contributed by atoms with Gasteiger partial charge in [0.2, 0.25) is 0 Å². The molecule has 5 rings (SSSR count). The number of anilines is 1. The minimum Gasteiger partial charge on any atom is -1.00 e. The summed E-state index contributed by atoms with van der Waals surface area (Å²) in [7, 11) is 0. The van der Waals surface area contributed by atoms with E-state index in [4.69, 9.17) is 4.98 Å². The average Bonchev–Trinajstić information content (AvgIpc) is 3.55. The number of carboxylic acid groups (broad SMARTS) is 1. The predicted octanol–water partition coefficient (Wildman–Crippen LogP) is 4.56. The topological polar surface area (TPSA) is 53.4 Å². The van der Waals surface area contributed by atoms with Crippen molar-refractivity contribution < 1.29 is 40.9 Å². The van der Waals surface area contributed by atoms with Crippen molar-refractivity contribution in [3.8, 4) is 21.7 Å². The standard InChI is InChI=1S/C28H22N2O2S2.Na.H/c31-27(32)24-16-8-7-14-22(24)18-30(19-23-15-9-17-33-23)28-29-25(20-10-3-1-4-11-20)26(34-28)21-12-5-2-6-13-21;;/h1-17H,18-19H2,(H,31,32);;/q;+1;-1. The molecule has 0 atom stereocenters. The van der Waals surface area contributed by atoms with Gasteiger partial charge in [-0.3, -0.25) is 0 Å². The zero-order valence-corrected chi connectivity index (χ0v) is 22.9. The van der Waals surface area contributed by atoms with Crippen LogP contribution in [-0.2, 0) is 13.1 Å². The van der Waals surface area contributed by atoms with Gasteiger partial charge in [-0.05, 0) is 28.6 Å². The van der Waals surface area contributed by atoms with Gasteiger partial charge in [-0.2, -0.15) is 0 Å². The number of aromatic carboxylic acids is 1. The third-order valence-electron chi connectivity index (χ3n) is 5.51. The Kier molecular flexibility index (Phi) is 8.55. The molecule has 0 saturated heterocycles. The molecule has 170 valence electrons. The Bertz CT molecular complexity index is 1340. The quantitative estimate of drug-likeness (QED) is 0.314. The maximum absolute atomic E-state index is 11.9. The van der Waals surface area contributed by atoms with Crippen molar-refractivity contribution in [1.82, 2.24) is 4.98 Å². The van der Waals surface area contributed by atoms with Crippen LogP contribution >= 0.6 is 22.7 Å². The molecule has 2 heterocycles. The molecule has 0 aliphatic heterocycles. The van der Waals surface area contributed by atoms with E-state index in [1.807, 2.05) is 54.6 Å². The fourth-order valence-corrected chi connectivity index (χ4v) is 5.69. The summed E-state index contributed by atoms with van der Waals surface area (Å²) < 4.78 is 0. The third-order valence-corrected chi connectivity index (χ3v) is 7.53. The molecule has 0 amide bonds. The van der Waals surface area contributed by atoms with E-state index < -0.39 is 5.97 Å². The number of carbonyl (C=O) groups is 1. The predicted molar refractivity (Wildman–Crippen MR) is 142 cm³/mol. The van der Waals surface area contributed by atoms with E-state index in [9.17, 15) is 9.90 Å². The van der Waals surface area contributed by atoms with Crippen molar-refractivity contribution >= 4 is 33.8 Å². The van der Waals surface area contributed by atoms with Gasteiger partial charge in [0.25, 0.3) is 0 Å². The molecule has 0 aliphatic rings. The van der Waals surface area contributed by atoms with E-state index in [1.165, 1.54) is 4.88 Å². The maximum atomic E-state index is 11.9. The fraction of sp³-hybridized carbons (Fsp3) is 0.0714. The number of aromatic nitrogens is 1. The van der Waals surface area contributed by atoms with Crippen LogP contribution in [0, 0.1) is 0 Å². The van der Waals surface area contributed by atoms with E-state index in [0.29, 0.717) is 18.7 Å². The van der Waals surface area contributed by atoms with Gasteiger partial charge in [0.05, 0.1) is 22.7 Å². The zero-order valence-electron chi connectivity index (χ0n) is 20.3. The van der Waals surface area contributed by atoms with Gasteiger partial charge < -0.3 is 11.4 Å². The van der Waals surface area contributed by atoms with Crippen molar-refractivity contribution in [2.45, 2.75) is 13.1 Å². The van der Waals surface area contributed by atoms with Crippen LogP contribution in [0.15, 0.2) is 102 Å². The molecule has 3 aromatic carbocycles. The molecule has 0 saturated carbocycles. The number of hydrogen-bond acceptors (Lipinski definition) is 5. The Morgan fingerprint density at radius 1 is 0.829 bits per heavy atom. The van der Waals surface area contributed by atoms with E-state index >= 15 is 0 Å². The molecule has 0 unspecified atom stereocenters. The summed E-state index contributed by atoms with van der Waals surface area (Å²) in [4.78, 5) is 21.4. The zero-order chi connectivity index (χ0) is 23.3. The normalized spacial score (nSPS) is 10.5. The first-order valence-electron chi connectivity index (χ1n) is 10.9. The van der Waals surface area contributed by atoms with Gasteiger partial charge in [0.1, 0.15) is 0 Å². The first-order valence-corrected chi connectivity index (χ1v) is 12.6. The van der Waals surface area contributed by atoms with Crippen LogP contribution in [0.3, 0.4) is 0 Å². The Labute approximate surface area is 236 Å². The number of thiophene rings is 1.